The number of rotatable bonds is 3. The Labute approximate surface area is 143 Å². The topological polar surface area (TPSA) is 44.6 Å². The second-order valence-corrected chi connectivity index (χ2v) is 6.56. The van der Waals surface area contributed by atoms with E-state index in [0.29, 0.717) is 0 Å². The Kier molecular flexibility index (Phi) is 4.93. The summed E-state index contributed by atoms with van der Waals surface area (Å²) in [5, 5.41) is 11.5. The van der Waals surface area contributed by atoms with Gasteiger partial charge in [0.1, 0.15) is 0 Å². The van der Waals surface area contributed by atoms with E-state index in [2.05, 4.69) is 31.2 Å². The van der Waals surface area contributed by atoms with Crippen LogP contribution in [0.2, 0.25) is 0 Å². The van der Waals surface area contributed by atoms with Gasteiger partial charge in [-0.15, -0.1) is 0 Å². The molecule has 2 aromatic carbocycles. The van der Waals surface area contributed by atoms with Gasteiger partial charge >= 0.3 is 5.91 Å². The summed E-state index contributed by atoms with van der Waals surface area (Å²) in [7, 11) is 1.38. The molecule has 1 aliphatic carbocycles. The molecule has 0 saturated heterocycles. The minimum Gasteiger partial charge on any atom is -0.627 e. The van der Waals surface area contributed by atoms with Crippen LogP contribution in [0.4, 0.5) is 0 Å². The number of amides is 1. The fourth-order valence-corrected chi connectivity index (χ4v) is 3.80. The molecule has 2 aromatic rings. The third-order valence-corrected chi connectivity index (χ3v) is 5.06. The zero-order chi connectivity index (χ0) is 17.1. The van der Waals surface area contributed by atoms with Crippen LogP contribution in [0.5, 0.6) is 0 Å². The minimum absolute atomic E-state index is 0.0439. The fourth-order valence-electron chi connectivity index (χ4n) is 3.80. The van der Waals surface area contributed by atoms with Gasteiger partial charge in [-0.1, -0.05) is 79.7 Å². The van der Waals surface area contributed by atoms with Gasteiger partial charge in [-0.05, 0) is 17.0 Å². The highest BCUT2D eigenvalue weighted by atomic mass is 16.5. The summed E-state index contributed by atoms with van der Waals surface area (Å²) >= 11 is 0. The molecular formula is C21H23NO2. The Bertz CT molecular complexity index is 709. The predicted octanol–water partition coefficient (Wildman–Crippen LogP) is 2.92. The quantitative estimate of drug-likeness (QED) is 0.698. The second-order valence-electron chi connectivity index (χ2n) is 6.56. The first-order chi connectivity index (χ1) is 11.6. The summed E-state index contributed by atoms with van der Waals surface area (Å²) in [4.78, 5) is 12.7. The number of quaternary nitrogens is 1. The molecule has 0 radical (unpaired) electrons. The van der Waals surface area contributed by atoms with Crippen LogP contribution in [0, 0.1) is 17.0 Å². The van der Waals surface area contributed by atoms with Crippen molar-refractivity contribution in [2.24, 2.45) is 11.8 Å². The van der Waals surface area contributed by atoms with Crippen LogP contribution in [0.15, 0.2) is 72.8 Å². The molecule has 0 bridgehead atoms. The molecule has 0 spiro atoms. The molecule has 0 aromatic heterocycles. The van der Waals surface area contributed by atoms with Crippen LogP contribution in [-0.4, -0.2) is 13.0 Å². The number of benzene rings is 2. The third-order valence-electron chi connectivity index (χ3n) is 5.06. The minimum atomic E-state index is -0.352. The van der Waals surface area contributed by atoms with Crippen molar-refractivity contribution in [1.82, 2.24) is 0 Å². The van der Waals surface area contributed by atoms with Crippen LogP contribution in [0.1, 0.15) is 29.9 Å². The molecule has 1 N–H and O–H groups in total. The van der Waals surface area contributed by atoms with E-state index in [0.717, 1.165) is 5.56 Å². The van der Waals surface area contributed by atoms with Crippen molar-refractivity contribution < 1.29 is 9.86 Å². The number of hydrogen-bond acceptors (Lipinski definition) is 2. The molecule has 0 fully saturated rings. The summed E-state index contributed by atoms with van der Waals surface area (Å²) in [5.74, 6) is -0.405. The molecule has 124 valence electrons. The standard InChI is InChI=1S/C21H23NO2/c1-15-18(16-9-5-3-6-10-16)13-14-19(17-11-7-4-8-12-17)20(15)21(23)22(2)24/h3-15,18-20,22H,1-2H3/t15-,18-,19-,20-/m0/s1. The van der Waals surface area contributed by atoms with Gasteiger partial charge in [-0.25, -0.2) is 4.79 Å². The van der Waals surface area contributed by atoms with Crippen molar-refractivity contribution in [3.63, 3.8) is 0 Å². The van der Waals surface area contributed by atoms with Gasteiger partial charge in [-0.3, -0.25) is 0 Å². The molecule has 24 heavy (non-hydrogen) atoms. The van der Waals surface area contributed by atoms with E-state index in [4.69, 9.17) is 0 Å². The number of allylic oxidation sites excluding steroid dienone is 2. The highest BCUT2D eigenvalue weighted by molar-refractivity contribution is 5.73. The Morgan fingerprint density at radius 3 is 1.83 bits per heavy atom. The Balaban J connectivity index is 2.02. The van der Waals surface area contributed by atoms with Crippen molar-refractivity contribution in [3.05, 3.63) is 89.1 Å². The van der Waals surface area contributed by atoms with Crippen molar-refractivity contribution >= 4 is 5.91 Å². The maximum absolute atomic E-state index is 12.7. The lowest BCUT2D eigenvalue weighted by molar-refractivity contribution is -0.743. The zero-order valence-corrected chi connectivity index (χ0v) is 14.1. The average Bonchev–Trinajstić information content (AvgIpc) is 2.62. The number of carbonyl (C=O) groups is 1. The molecule has 5 atom stereocenters. The van der Waals surface area contributed by atoms with E-state index >= 15 is 0 Å². The molecule has 1 aliphatic rings. The van der Waals surface area contributed by atoms with Gasteiger partial charge in [0.05, 0.1) is 13.0 Å². The number of hydrogen-bond donors (Lipinski definition) is 1. The van der Waals surface area contributed by atoms with Gasteiger partial charge in [-0.2, -0.15) is 0 Å². The number of nitrogens with one attached hydrogen (secondary N) is 1. The van der Waals surface area contributed by atoms with Gasteiger partial charge in [0, 0.05) is 11.8 Å². The summed E-state index contributed by atoms with van der Waals surface area (Å²) < 4.78 is 0. The molecule has 0 aliphatic heterocycles. The Hall–Kier alpha value is -2.23. The van der Waals surface area contributed by atoms with Crippen LogP contribution in [0.25, 0.3) is 0 Å². The average molecular weight is 321 g/mol. The highest BCUT2D eigenvalue weighted by Gasteiger charge is 2.41. The maximum Gasteiger partial charge on any atom is 0.316 e. The lowest BCUT2D eigenvalue weighted by Crippen LogP contribution is -3.08. The predicted molar refractivity (Wildman–Crippen MR) is 95.4 cm³/mol. The second kappa shape index (κ2) is 7.12. The van der Waals surface area contributed by atoms with E-state index in [1.165, 1.54) is 12.6 Å². The van der Waals surface area contributed by atoms with E-state index in [9.17, 15) is 10.0 Å². The van der Waals surface area contributed by atoms with Crippen molar-refractivity contribution in [2.45, 2.75) is 18.8 Å². The summed E-state index contributed by atoms with van der Waals surface area (Å²) in [6.45, 7) is 2.09. The van der Waals surface area contributed by atoms with Crippen LogP contribution >= 0.6 is 0 Å². The number of carbonyl (C=O) groups excluding carboxylic acids is 1. The van der Waals surface area contributed by atoms with Crippen LogP contribution in [0.3, 0.4) is 0 Å². The van der Waals surface area contributed by atoms with Crippen LogP contribution < -0.4 is 5.06 Å². The molecule has 1 amide bonds. The first-order valence-corrected chi connectivity index (χ1v) is 8.42. The lowest BCUT2D eigenvalue weighted by atomic mass is 9.67. The van der Waals surface area contributed by atoms with Gasteiger partial charge in [0.25, 0.3) is 0 Å². The van der Waals surface area contributed by atoms with E-state index in [1.54, 1.807) is 0 Å². The largest absolute Gasteiger partial charge is 0.627 e. The summed E-state index contributed by atoms with van der Waals surface area (Å²) in [5.41, 5.74) is 2.28. The smallest absolute Gasteiger partial charge is 0.316 e. The van der Waals surface area contributed by atoms with Crippen molar-refractivity contribution in [3.8, 4) is 0 Å². The number of hydroxylamine groups is 2. The Morgan fingerprint density at radius 1 is 0.875 bits per heavy atom. The third kappa shape index (κ3) is 3.18. The fraction of sp³-hybridized carbons (Fsp3) is 0.286. The molecule has 0 saturated carbocycles. The van der Waals surface area contributed by atoms with Gasteiger partial charge < -0.3 is 10.3 Å². The van der Waals surface area contributed by atoms with E-state index in [1.807, 2.05) is 48.5 Å². The normalized spacial score (nSPS) is 27.6. The summed E-state index contributed by atoms with van der Waals surface area (Å²) in [6.07, 6.45) is 4.31. The zero-order valence-electron chi connectivity index (χ0n) is 14.1. The molecule has 3 nitrogen and oxygen atoms in total. The monoisotopic (exact) mass is 321 g/mol. The molecule has 0 heterocycles. The van der Waals surface area contributed by atoms with Gasteiger partial charge in [0.15, 0.2) is 0 Å². The lowest BCUT2D eigenvalue weighted by Gasteiger charge is -2.37. The highest BCUT2D eigenvalue weighted by Crippen LogP contribution is 2.43. The molecule has 1 unspecified atom stereocenters. The Morgan fingerprint density at radius 2 is 1.33 bits per heavy atom. The molecular weight excluding hydrogens is 298 g/mol. The maximum atomic E-state index is 12.7. The van der Waals surface area contributed by atoms with E-state index < -0.39 is 0 Å². The van der Waals surface area contributed by atoms with Crippen molar-refractivity contribution in [2.75, 3.05) is 7.05 Å². The van der Waals surface area contributed by atoms with Crippen LogP contribution in [-0.2, 0) is 4.79 Å². The molecule has 3 heteroatoms. The first-order valence-electron chi connectivity index (χ1n) is 8.42. The van der Waals surface area contributed by atoms with Gasteiger partial charge in [0.2, 0.25) is 0 Å². The molecule has 3 rings (SSSR count). The first kappa shape index (κ1) is 16.6. The summed E-state index contributed by atoms with van der Waals surface area (Å²) in [6, 6.07) is 20.2. The van der Waals surface area contributed by atoms with Crippen molar-refractivity contribution in [1.29, 1.82) is 0 Å². The SMILES string of the molecule is C[C@@H]1[C@H](C(=O)[NH+](C)[O-])[C@H](c2ccccc2)C=C[C@@H]1c1ccccc1. The van der Waals surface area contributed by atoms with E-state index in [-0.39, 0.29) is 34.6 Å².